The predicted octanol–water partition coefficient (Wildman–Crippen LogP) is 2.98. The maximum atomic E-state index is 10.5. The Kier molecular flexibility index (Phi) is 3.86. The summed E-state index contributed by atoms with van der Waals surface area (Å²) in [4.78, 5) is 20.0. The highest BCUT2D eigenvalue weighted by Crippen LogP contribution is 2.30. The number of aryl methyl sites for hydroxylation is 1. The number of hydrogen-bond acceptors (Lipinski definition) is 4. The van der Waals surface area contributed by atoms with Gasteiger partial charge in [0.25, 0.3) is 0 Å². The Morgan fingerprint density at radius 3 is 2.94 bits per heavy atom. The van der Waals surface area contributed by atoms with Crippen molar-refractivity contribution in [1.82, 2.24) is 9.97 Å². The fourth-order valence-electron chi connectivity index (χ4n) is 1.31. The first-order chi connectivity index (χ1) is 8.16. The molecule has 0 amide bonds. The topological polar surface area (TPSA) is 63.1 Å². The molecule has 1 N–H and O–H groups in total. The zero-order valence-corrected chi connectivity index (χ0v) is 11.2. The quantitative estimate of drug-likeness (QED) is 0.942. The summed E-state index contributed by atoms with van der Waals surface area (Å²) < 4.78 is 0.712. The molecule has 6 heteroatoms. The predicted molar refractivity (Wildman–Crippen MR) is 69.0 cm³/mol. The number of aliphatic carboxylic acids is 1. The van der Waals surface area contributed by atoms with Gasteiger partial charge in [-0.15, -0.1) is 11.3 Å². The van der Waals surface area contributed by atoms with Crippen molar-refractivity contribution in [3.05, 3.63) is 33.9 Å². The summed E-state index contributed by atoms with van der Waals surface area (Å²) >= 11 is 4.81. The fraction of sp³-hybridized carbons (Fsp3) is 0.182. The van der Waals surface area contributed by atoms with Crippen molar-refractivity contribution in [2.75, 3.05) is 0 Å². The summed E-state index contributed by atoms with van der Waals surface area (Å²) in [5.41, 5.74) is 0.805. The van der Waals surface area contributed by atoms with Gasteiger partial charge in [0, 0.05) is 11.1 Å². The number of aromatic nitrogens is 2. The summed E-state index contributed by atoms with van der Waals surface area (Å²) in [6.45, 7) is 0. The van der Waals surface area contributed by atoms with Gasteiger partial charge in [-0.05, 0) is 34.5 Å². The molecule has 0 aliphatic carbocycles. The van der Waals surface area contributed by atoms with E-state index in [2.05, 4.69) is 25.9 Å². The van der Waals surface area contributed by atoms with E-state index in [4.69, 9.17) is 5.11 Å². The van der Waals surface area contributed by atoms with Gasteiger partial charge in [0.05, 0.1) is 12.1 Å². The molecule has 0 saturated heterocycles. The third-order valence-corrected chi connectivity index (χ3v) is 4.16. The van der Waals surface area contributed by atoms with E-state index in [0.717, 1.165) is 15.6 Å². The Morgan fingerprint density at radius 1 is 1.47 bits per heavy atom. The molecular formula is C11H9BrN2O2S. The van der Waals surface area contributed by atoms with E-state index in [1.165, 1.54) is 11.3 Å². The molecule has 2 heterocycles. The molecule has 0 aliphatic rings. The number of pyridine rings is 1. The maximum Gasteiger partial charge on any atom is 0.303 e. The van der Waals surface area contributed by atoms with Crippen LogP contribution in [0.5, 0.6) is 0 Å². The summed E-state index contributed by atoms with van der Waals surface area (Å²) in [7, 11) is 0. The molecule has 0 bridgehead atoms. The van der Waals surface area contributed by atoms with Crippen LogP contribution >= 0.6 is 27.3 Å². The number of hydrogen-bond donors (Lipinski definition) is 1. The minimum absolute atomic E-state index is 0.114. The van der Waals surface area contributed by atoms with Gasteiger partial charge in [-0.3, -0.25) is 9.78 Å². The van der Waals surface area contributed by atoms with Crippen LogP contribution in [0.1, 0.15) is 11.3 Å². The highest BCUT2D eigenvalue weighted by molar-refractivity contribution is 9.10. The highest BCUT2D eigenvalue weighted by atomic mass is 79.9. The lowest BCUT2D eigenvalue weighted by Gasteiger charge is -1.93. The van der Waals surface area contributed by atoms with Crippen LogP contribution < -0.4 is 0 Å². The number of thiazole rings is 1. The molecule has 0 radical (unpaired) electrons. The minimum Gasteiger partial charge on any atom is -0.481 e. The number of carboxylic acid groups (broad SMARTS) is 1. The Balaban J connectivity index is 2.22. The number of halogens is 1. The Morgan fingerprint density at radius 2 is 2.29 bits per heavy atom. The molecule has 2 aromatic heterocycles. The number of carbonyl (C=O) groups is 1. The molecule has 2 rings (SSSR count). The van der Waals surface area contributed by atoms with Gasteiger partial charge in [-0.2, -0.15) is 0 Å². The summed E-state index contributed by atoms with van der Waals surface area (Å²) in [6, 6.07) is 5.62. The molecule has 0 aromatic carbocycles. The maximum absolute atomic E-state index is 10.5. The monoisotopic (exact) mass is 312 g/mol. The third-order valence-electron chi connectivity index (χ3n) is 2.10. The lowest BCUT2D eigenvalue weighted by Crippen LogP contribution is -1.96. The first-order valence-corrected chi connectivity index (χ1v) is 6.56. The highest BCUT2D eigenvalue weighted by Gasteiger charge is 2.12. The van der Waals surface area contributed by atoms with Crippen LogP contribution in [0.25, 0.3) is 10.7 Å². The molecule has 0 unspecified atom stereocenters. The SMILES string of the molecule is O=C(O)CCc1sc(-c2ccccn2)nc1Br. The molecule has 2 aromatic rings. The molecular weight excluding hydrogens is 304 g/mol. The van der Waals surface area contributed by atoms with E-state index >= 15 is 0 Å². The molecule has 0 fully saturated rings. The van der Waals surface area contributed by atoms with Gasteiger partial charge in [0.1, 0.15) is 9.61 Å². The van der Waals surface area contributed by atoms with Crippen molar-refractivity contribution < 1.29 is 9.90 Å². The van der Waals surface area contributed by atoms with Crippen molar-refractivity contribution in [3.8, 4) is 10.7 Å². The second-order valence-electron chi connectivity index (χ2n) is 3.34. The summed E-state index contributed by atoms with van der Waals surface area (Å²) in [6.07, 6.45) is 2.31. The smallest absolute Gasteiger partial charge is 0.303 e. The van der Waals surface area contributed by atoms with Gasteiger partial charge in [0.15, 0.2) is 0 Å². The second-order valence-corrected chi connectivity index (χ2v) is 5.18. The van der Waals surface area contributed by atoms with Crippen molar-refractivity contribution >= 4 is 33.2 Å². The molecule has 0 atom stereocenters. The van der Waals surface area contributed by atoms with E-state index in [9.17, 15) is 4.79 Å². The van der Waals surface area contributed by atoms with Crippen LogP contribution in [-0.4, -0.2) is 21.0 Å². The largest absolute Gasteiger partial charge is 0.481 e. The van der Waals surface area contributed by atoms with Gasteiger partial charge in [-0.1, -0.05) is 6.07 Å². The van der Waals surface area contributed by atoms with Crippen molar-refractivity contribution in [1.29, 1.82) is 0 Å². The lowest BCUT2D eigenvalue weighted by atomic mass is 10.3. The van der Waals surface area contributed by atoms with Gasteiger partial charge >= 0.3 is 5.97 Å². The van der Waals surface area contributed by atoms with Gasteiger partial charge in [-0.25, -0.2) is 4.98 Å². The van der Waals surface area contributed by atoms with E-state index in [-0.39, 0.29) is 6.42 Å². The Labute approximate surface area is 110 Å². The van der Waals surface area contributed by atoms with Crippen LogP contribution in [0.2, 0.25) is 0 Å². The first kappa shape index (κ1) is 12.2. The number of nitrogens with zero attached hydrogens (tertiary/aromatic N) is 2. The van der Waals surface area contributed by atoms with Crippen LogP contribution in [0.4, 0.5) is 0 Å². The molecule has 0 saturated carbocycles. The standard InChI is InChI=1S/C11H9BrN2O2S/c12-10-8(4-5-9(15)16)17-11(14-10)7-3-1-2-6-13-7/h1-3,6H,4-5H2,(H,15,16). The molecule has 0 aliphatic heterocycles. The zero-order chi connectivity index (χ0) is 12.3. The van der Waals surface area contributed by atoms with Crippen molar-refractivity contribution in [3.63, 3.8) is 0 Å². The first-order valence-electron chi connectivity index (χ1n) is 4.95. The molecule has 0 spiro atoms. The Bertz CT molecular complexity index is 528. The van der Waals surface area contributed by atoms with Gasteiger partial charge < -0.3 is 5.11 Å². The molecule has 4 nitrogen and oxygen atoms in total. The average molecular weight is 313 g/mol. The van der Waals surface area contributed by atoms with Crippen LogP contribution in [0.15, 0.2) is 29.0 Å². The molecule has 88 valence electrons. The zero-order valence-electron chi connectivity index (χ0n) is 8.76. The third kappa shape index (κ3) is 3.10. The van der Waals surface area contributed by atoms with Crippen LogP contribution in [0, 0.1) is 0 Å². The van der Waals surface area contributed by atoms with Gasteiger partial charge in [0.2, 0.25) is 0 Å². The molecule has 17 heavy (non-hydrogen) atoms. The number of carboxylic acids is 1. The summed E-state index contributed by atoms with van der Waals surface area (Å²) in [5.74, 6) is -0.801. The van der Waals surface area contributed by atoms with E-state index in [1.54, 1.807) is 6.20 Å². The second kappa shape index (κ2) is 5.37. The fourth-order valence-corrected chi connectivity index (χ4v) is 2.97. The van der Waals surface area contributed by atoms with Crippen LogP contribution in [-0.2, 0) is 11.2 Å². The Hall–Kier alpha value is -1.27. The van der Waals surface area contributed by atoms with Crippen molar-refractivity contribution in [2.45, 2.75) is 12.8 Å². The van der Waals surface area contributed by atoms with E-state index < -0.39 is 5.97 Å². The van der Waals surface area contributed by atoms with Crippen molar-refractivity contribution in [2.24, 2.45) is 0 Å². The lowest BCUT2D eigenvalue weighted by molar-refractivity contribution is -0.136. The number of rotatable bonds is 4. The summed E-state index contributed by atoms with van der Waals surface area (Å²) in [5, 5.41) is 9.45. The average Bonchev–Trinajstić information content (AvgIpc) is 2.69. The normalized spacial score (nSPS) is 10.4. The van der Waals surface area contributed by atoms with Crippen LogP contribution in [0.3, 0.4) is 0 Å². The van der Waals surface area contributed by atoms with E-state index in [0.29, 0.717) is 11.0 Å². The van der Waals surface area contributed by atoms with E-state index in [1.807, 2.05) is 18.2 Å². The minimum atomic E-state index is -0.801.